The monoisotopic (exact) mass is 658 g/mol. The summed E-state index contributed by atoms with van der Waals surface area (Å²) < 4.78 is 0.521. The predicted octanol–water partition coefficient (Wildman–Crippen LogP) is 8.06. The molecule has 114 valence electrons. The van der Waals surface area contributed by atoms with Gasteiger partial charge in [0.25, 0.3) is 0 Å². The minimum absolute atomic E-state index is 0.293. The molecule has 6 heteroatoms. The van der Waals surface area contributed by atoms with Crippen molar-refractivity contribution in [2.45, 2.75) is 56.2 Å². The van der Waals surface area contributed by atoms with E-state index in [9.17, 15) is 0 Å². The molecule has 0 heterocycles. The second-order valence-electron chi connectivity index (χ2n) is 5.32. The molecule has 20 heavy (non-hydrogen) atoms. The van der Waals surface area contributed by atoms with Crippen LogP contribution in [-0.4, -0.2) is 11.3 Å². The van der Waals surface area contributed by atoms with Crippen molar-refractivity contribution in [3.8, 4) is 0 Å². The fraction of sp³-hybridized carbons (Fsp3) is 0.714. The molecule has 0 fully saturated rings. The molecule has 0 nitrogen and oxygen atoms in total. The van der Waals surface area contributed by atoms with Crippen molar-refractivity contribution in [2.75, 3.05) is 0 Å². The van der Waals surface area contributed by atoms with Crippen LogP contribution >= 0.6 is 95.6 Å². The van der Waals surface area contributed by atoms with Gasteiger partial charge in [-0.25, -0.2) is 0 Å². The largest absolute Gasteiger partial charge is 0.138 e. The maximum Gasteiger partial charge on any atom is 0.138 e. The molecule has 0 saturated heterocycles. The first-order valence-corrected chi connectivity index (χ1v) is 11.6. The smallest absolute Gasteiger partial charge is 0.0865 e. The molecule has 2 rings (SSSR count). The molecule has 0 amide bonds. The number of hydrogen-bond donors (Lipinski definition) is 0. The minimum atomic E-state index is -0.375. The first kappa shape index (κ1) is 18.7. The van der Waals surface area contributed by atoms with Crippen LogP contribution in [0.1, 0.15) is 44.9 Å². The molecular formula is C14H16Br6. The fourth-order valence-electron chi connectivity index (χ4n) is 2.69. The molecule has 0 aromatic carbocycles. The number of alkyl halides is 5. The third kappa shape index (κ3) is 3.71. The maximum atomic E-state index is 3.86. The Hall–Kier alpha value is 2.36. The van der Waals surface area contributed by atoms with Gasteiger partial charge in [-0.05, 0) is 49.7 Å². The molecule has 0 bridgehead atoms. The van der Waals surface area contributed by atoms with Crippen molar-refractivity contribution in [3.63, 3.8) is 0 Å². The van der Waals surface area contributed by atoms with Crippen molar-refractivity contribution in [3.05, 3.63) is 21.7 Å². The van der Waals surface area contributed by atoms with Crippen LogP contribution in [0.25, 0.3) is 0 Å². The Balaban J connectivity index is 2.44. The Morgan fingerprint density at radius 2 is 1.70 bits per heavy atom. The first-order valence-electron chi connectivity index (χ1n) is 6.76. The lowest BCUT2D eigenvalue weighted by Gasteiger charge is -2.36. The van der Waals surface area contributed by atoms with Crippen molar-refractivity contribution >= 4 is 95.6 Å². The summed E-state index contributed by atoms with van der Waals surface area (Å²) in [6.07, 6.45) is 11.0. The van der Waals surface area contributed by atoms with Crippen LogP contribution < -0.4 is 0 Å². The van der Waals surface area contributed by atoms with Crippen LogP contribution in [0.4, 0.5) is 0 Å². The summed E-state index contributed by atoms with van der Waals surface area (Å²) in [5.41, 5.74) is 2.97. The molecular weight excluding hydrogens is 648 g/mol. The van der Waals surface area contributed by atoms with Crippen molar-refractivity contribution in [1.29, 1.82) is 0 Å². The van der Waals surface area contributed by atoms with E-state index in [1.54, 1.807) is 0 Å². The first-order chi connectivity index (χ1) is 9.28. The Morgan fingerprint density at radius 3 is 2.40 bits per heavy atom. The highest BCUT2D eigenvalue weighted by atomic mass is 79.9. The number of rotatable bonds is 1. The minimum Gasteiger partial charge on any atom is -0.0865 e. The van der Waals surface area contributed by atoms with Crippen LogP contribution in [0.3, 0.4) is 0 Å². The zero-order chi connectivity index (χ0) is 15.0. The van der Waals surface area contributed by atoms with E-state index in [-0.39, 0.29) is 6.47 Å². The molecule has 0 aromatic heterocycles. The van der Waals surface area contributed by atoms with Gasteiger partial charge in [0.15, 0.2) is 0 Å². The molecule has 1 unspecified atom stereocenters. The highest BCUT2D eigenvalue weighted by Gasteiger charge is 2.53. The van der Waals surface area contributed by atoms with E-state index >= 15 is 0 Å². The lowest BCUT2D eigenvalue weighted by Crippen LogP contribution is -2.41. The average molecular weight is 664 g/mol. The molecule has 0 radical (unpaired) electrons. The Kier molecular flexibility index (Phi) is 7.01. The van der Waals surface area contributed by atoms with Crippen molar-refractivity contribution < 1.29 is 0 Å². The van der Waals surface area contributed by atoms with Crippen LogP contribution in [0.15, 0.2) is 21.7 Å². The summed E-state index contributed by atoms with van der Waals surface area (Å²) >= 11 is 23.0. The topological polar surface area (TPSA) is 0 Å². The van der Waals surface area contributed by atoms with E-state index in [4.69, 9.17) is 0 Å². The van der Waals surface area contributed by atoms with Gasteiger partial charge in [-0.15, -0.1) is 0 Å². The highest BCUT2D eigenvalue weighted by Crippen LogP contribution is 2.61. The van der Waals surface area contributed by atoms with Gasteiger partial charge >= 0.3 is 0 Å². The molecule has 0 saturated carbocycles. The third-order valence-electron chi connectivity index (χ3n) is 3.93. The Morgan fingerprint density at radius 1 is 1.00 bits per heavy atom. The van der Waals surface area contributed by atoms with Crippen LogP contribution in [-0.2, 0) is 0 Å². The summed E-state index contributed by atoms with van der Waals surface area (Å²) in [6.45, 7) is 0. The maximum absolute atomic E-state index is 3.86. The average Bonchev–Trinajstić information content (AvgIpc) is 2.68. The van der Waals surface area contributed by atoms with Crippen LogP contribution in [0.5, 0.6) is 0 Å². The Bertz CT molecular complexity index is 435. The summed E-state index contributed by atoms with van der Waals surface area (Å²) in [6, 6.07) is 0. The standard InChI is InChI=1S/C14H16Br6/c15-11-8-7-10(9-5-3-1-2-4-6-9)12(16)14(19,20)13(11,17)18/h5,11H,1-4,6-8H2. The SMILES string of the molecule is BrC1=C(C2=CCCCCC2)CCC(Br)C(Br)(Br)C1(Br)Br. The number of halogens is 6. The summed E-state index contributed by atoms with van der Waals surface area (Å²) in [4.78, 5) is 0.310. The van der Waals surface area contributed by atoms with E-state index in [1.807, 2.05) is 0 Å². The second kappa shape index (κ2) is 7.50. The lowest BCUT2D eigenvalue weighted by atomic mass is 9.97. The molecule has 0 spiro atoms. The summed E-state index contributed by atoms with van der Waals surface area (Å²) in [5.74, 6) is 0. The van der Waals surface area contributed by atoms with E-state index < -0.39 is 0 Å². The molecule has 0 aliphatic heterocycles. The molecule has 0 aromatic rings. The lowest BCUT2D eigenvalue weighted by molar-refractivity contribution is 0.706. The van der Waals surface area contributed by atoms with Gasteiger partial charge in [0, 0.05) is 9.31 Å². The quantitative estimate of drug-likeness (QED) is 0.249. The van der Waals surface area contributed by atoms with Gasteiger partial charge in [-0.3, -0.25) is 0 Å². The third-order valence-corrected chi connectivity index (χ3v) is 14.9. The molecule has 2 aliphatic rings. The number of hydrogen-bond acceptors (Lipinski definition) is 0. The van der Waals surface area contributed by atoms with E-state index in [0.717, 1.165) is 12.8 Å². The van der Waals surface area contributed by atoms with Gasteiger partial charge in [0.1, 0.15) is 6.47 Å². The van der Waals surface area contributed by atoms with E-state index in [2.05, 4.69) is 102 Å². The summed E-state index contributed by atoms with van der Waals surface area (Å²) in [7, 11) is 0. The van der Waals surface area contributed by atoms with Crippen molar-refractivity contribution in [1.82, 2.24) is 0 Å². The van der Waals surface area contributed by atoms with Gasteiger partial charge in [-0.2, -0.15) is 0 Å². The second-order valence-corrected chi connectivity index (χ2v) is 14.2. The molecule has 2 aliphatic carbocycles. The van der Waals surface area contributed by atoms with E-state index in [1.165, 1.54) is 47.7 Å². The van der Waals surface area contributed by atoms with Gasteiger partial charge < -0.3 is 0 Å². The van der Waals surface area contributed by atoms with Gasteiger partial charge in [0.2, 0.25) is 0 Å². The zero-order valence-electron chi connectivity index (χ0n) is 10.9. The van der Waals surface area contributed by atoms with Crippen LogP contribution in [0, 0.1) is 0 Å². The number of allylic oxidation sites excluding steroid dienone is 4. The zero-order valence-corrected chi connectivity index (χ0v) is 20.4. The van der Waals surface area contributed by atoms with Gasteiger partial charge in [-0.1, -0.05) is 108 Å². The molecule has 1 atom stereocenters. The normalized spacial score (nSPS) is 30.5. The van der Waals surface area contributed by atoms with E-state index in [0.29, 0.717) is 4.83 Å². The Labute approximate surface area is 171 Å². The fourth-order valence-corrected chi connectivity index (χ4v) is 7.06. The van der Waals surface area contributed by atoms with Crippen molar-refractivity contribution in [2.24, 2.45) is 0 Å². The molecule has 0 N–H and O–H groups in total. The van der Waals surface area contributed by atoms with Crippen LogP contribution in [0.2, 0.25) is 0 Å². The van der Waals surface area contributed by atoms with Gasteiger partial charge in [0.05, 0.1) is 0 Å². The predicted molar refractivity (Wildman–Crippen MR) is 110 cm³/mol. The summed E-state index contributed by atoms with van der Waals surface area (Å²) in [5, 5.41) is 0. The highest BCUT2D eigenvalue weighted by molar-refractivity contribution is 9.31.